The Morgan fingerprint density at radius 3 is 1.44 bits per heavy atom. The van der Waals surface area contributed by atoms with Gasteiger partial charge in [0.2, 0.25) is 0 Å². The molecule has 0 aliphatic rings. The van der Waals surface area contributed by atoms with E-state index in [4.69, 9.17) is 17.9 Å². The van der Waals surface area contributed by atoms with Crippen LogP contribution in [0.1, 0.15) is 96.8 Å². The van der Waals surface area contributed by atoms with Crippen LogP contribution in [0.2, 0.25) is 4.47 Å². The fraction of sp³-hybridized carbons (Fsp3) is 0.727. The van der Waals surface area contributed by atoms with Crippen molar-refractivity contribution in [1.29, 1.82) is 0 Å². The normalized spacial score (nSPS) is 12.4. The van der Waals surface area contributed by atoms with E-state index >= 15 is 0 Å². The van der Waals surface area contributed by atoms with E-state index in [0.717, 1.165) is 4.47 Å². The molecule has 0 heterocycles. The van der Waals surface area contributed by atoms with Crippen LogP contribution in [0.25, 0.3) is 0 Å². The molecular weight excluding hydrogens is 463 g/mol. The van der Waals surface area contributed by atoms with Crippen LogP contribution in [0.3, 0.4) is 0 Å². The average molecular weight is 501 g/mol. The van der Waals surface area contributed by atoms with Gasteiger partial charge in [-0.05, 0) is 0 Å². The Hall–Kier alpha value is 0.590. The molecule has 0 N–H and O–H groups in total. The molecule has 0 nitrogen and oxygen atoms in total. The number of hydrogen-bond acceptors (Lipinski definition) is 0. The molecule has 0 aliphatic carbocycles. The van der Waals surface area contributed by atoms with Crippen LogP contribution in [-0.4, -0.2) is 15.9 Å². The summed E-state index contributed by atoms with van der Waals surface area (Å²) in [6.07, 6.45) is 19.5. The van der Waals surface area contributed by atoms with E-state index in [9.17, 15) is 0 Å². The Labute approximate surface area is 168 Å². The molecule has 0 saturated carbocycles. The summed E-state index contributed by atoms with van der Waals surface area (Å²) in [7, 11) is 13.3. The van der Waals surface area contributed by atoms with Gasteiger partial charge in [0.05, 0.1) is 0 Å². The molecular formula is C22H38Cl2Te. The molecule has 0 radical (unpaired) electrons. The summed E-state index contributed by atoms with van der Waals surface area (Å²) < 4.78 is 2.25. The Kier molecular flexibility index (Phi) is 14.8. The zero-order chi connectivity index (χ0) is 18.2. The van der Waals surface area contributed by atoms with Gasteiger partial charge in [0.25, 0.3) is 0 Å². The SMILES string of the molecule is CCCCCCCCCCCCCCCC[Te](Cl)(Cl)c1ccccc1. The van der Waals surface area contributed by atoms with Crippen LogP contribution in [0.15, 0.2) is 30.3 Å². The third-order valence-corrected chi connectivity index (χ3v) is 14.3. The summed E-state index contributed by atoms with van der Waals surface area (Å²) in [6, 6.07) is 10.3. The summed E-state index contributed by atoms with van der Waals surface area (Å²) in [6.45, 7) is 2.29. The fourth-order valence-electron chi connectivity index (χ4n) is 3.22. The summed E-state index contributed by atoms with van der Waals surface area (Å²) in [4.78, 5) is 0. The van der Waals surface area contributed by atoms with Crippen molar-refractivity contribution in [2.45, 2.75) is 101 Å². The maximum absolute atomic E-state index is 6.67. The molecule has 0 unspecified atom stereocenters. The summed E-state index contributed by atoms with van der Waals surface area (Å²) >= 11 is -2.79. The first kappa shape index (κ1) is 23.6. The standard InChI is InChI=1S/C22H38Cl2Te/c1-2-3-4-5-6-7-8-9-10-11-12-13-14-18-21-25(23,24)22-19-16-15-17-20-22/h15-17,19-20H,2-14,18,21H2,1H3. The molecule has 0 atom stereocenters. The number of rotatable bonds is 16. The molecule has 3 heteroatoms. The first-order chi connectivity index (χ1) is 12.2. The maximum atomic E-state index is 6.67. The predicted octanol–water partition coefficient (Wildman–Crippen LogP) is 8.29. The van der Waals surface area contributed by atoms with E-state index < -0.39 is 15.9 Å². The molecule has 0 amide bonds. The van der Waals surface area contributed by atoms with Crippen molar-refractivity contribution in [3.8, 4) is 0 Å². The van der Waals surface area contributed by atoms with Gasteiger partial charge in [0.15, 0.2) is 0 Å². The van der Waals surface area contributed by atoms with Crippen LogP contribution < -0.4 is 3.61 Å². The van der Waals surface area contributed by atoms with Gasteiger partial charge in [0.1, 0.15) is 0 Å². The van der Waals surface area contributed by atoms with E-state index in [-0.39, 0.29) is 0 Å². The summed E-state index contributed by atoms with van der Waals surface area (Å²) in [5.41, 5.74) is 0. The number of halogens is 2. The van der Waals surface area contributed by atoms with E-state index in [1.165, 1.54) is 93.5 Å². The molecule has 1 aromatic rings. The van der Waals surface area contributed by atoms with Crippen molar-refractivity contribution in [2.24, 2.45) is 0 Å². The molecule has 1 aromatic carbocycles. The molecule has 0 aliphatic heterocycles. The van der Waals surface area contributed by atoms with E-state index in [1.807, 2.05) is 18.2 Å². The molecule has 0 spiro atoms. The zero-order valence-corrected chi connectivity index (χ0v) is 20.0. The topological polar surface area (TPSA) is 0 Å². The second-order valence-corrected chi connectivity index (χ2v) is 21.1. The number of benzene rings is 1. The van der Waals surface area contributed by atoms with Gasteiger partial charge in [0, 0.05) is 0 Å². The van der Waals surface area contributed by atoms with Crippen molar-refractivity contribution in [2.75, 3.05) is 0 Å². The van der Waals surface area contributed by atoms with Gasteiger partial charge in [-0.15, -0.1) is 0 Å². The van der Waals surface area contributed by atoms with Crippen LogP contribution in [0, 0.1) is 0 Å². The summed E-state index contributed by atoms with van der Waals surface area (Å²) in [5.74, 6) is 0. The van der Waals surface area contributed by atoms with E-state index in [0.29, 0.717) is 0 Å². The average Bonchev–Trinajstić information content (AvgIpc) is 2.63. The Balaban J connectivity index is 1.87. The van der Waals surface area contributed by atoms with Crippen LogP contribution >= 0.6 is 17.9 Å². The first-order valence-corrected chi connectivity index (χ1v) is 19.1. The number of hydrogen-bond donors (Lipinski definition) is 0. The van der Waals surface area contributed by atoms with E-state index in [1.54, 1.807) is 0 Å². The van der Waals surface area contributed by atoms with Gasteiger partial charge in [-0.25, -0.2) is 0 Å². The molecule has 0 aromatic heterocycles. The minimum absolute atomic E-state index is 1.04. The molecule has 0 saturated heterocycles. The Morgan fingerprint density at radius 2 is 1.00 bits per heavy atom. The Bertz CT molecular complexity index is 406. The fourth-order valence-corrected chi connectivity index (χ4v) is 9.93. The van der Waals surface area contributed by atoms with Crippen LogP contribution in [0.4, 0.5) is 0 Å². The van der Waals surface area contributed by atoms with Gasteiger partial charge < -0.3 is 0 Å². The predicted molar refractivity (Wildman–Crippen MR) is 119 cm³/mol. The summed E-state index contributed by atoms with van der Waals surface area (Å²) in [5, 5.41) is 0. The van der Waals surface area contributed by atoms with E-state index in [2.05, 4.69) is 19.1 Å². The van der Waals surface area contributed by atoms with Crippen LogP contribution in [-0.2, 0) is 0 Å². The second-order valence-electron chi connectivity index (χ2n) is 7.19. The third kappa shape index (κ3) is 12.6. The van der Waals surface area contributed by atoms with Crippen molar-refractivity contribution in [1.82, 2.24) is 0 Å². The second kappa shape index (κ2) is 15.6. The minimum atomic E-state index is -2.79. The number of unbranched alkanes of at least 4 members (excludes halogenated alkanes) is 13. The van der Waals surface area contributed by atoms with Crippen molar-refractivity contribution < 1.29 is 0 Å². The molecule has 146 valence electrons. The van der Waals surface area contributed by atoms with Crippen molar-refractivity contribution in [3.63, 3.8) is 0 Å². The third-order valence-electron chi connectivity index (χ3n) is 4.84. The van der Waals surface area contributed by atoms with Crippen LogP contribution in [0.5, 0.6) is 0 Å². The van der Waals surface area contributed by atoms with Crippen molar-refractivity contribution >= 4 is 37.5 Å². The van der Waals surface area contributed by atoms with Crippen molar-refractivity contribution in [3.05, 3.63) is 30.3 Å². The quantitative estimate of drug-likeness (QED) is 0.158. The zero-order valence-electron chi connectivity index (χ0n) is 16.2. The van der Waals surface area contributed by atoms with Gasteiger partial charge in [-0.1, -0.05) is 26.2 Å². The van der Waals surface area contributed by atoms with Gasteiger partial charge in [-0.3, -0.25) is 0 Å². The molecule has 25 heavy (non-hydrogen) atoms. The monoisotopic (exact) mass is 502 g/mol. The molecule has 1 rings (SSSR count). The first-order valence-electron chi connectivity index (χ1n) is 10.4. The molecule has 0 bridgehead atoms. The Morgan fingerprint density at radius 1 is 0.600 bits per heavy atom. The van der Waals surface area contributed by atoms with Gasteiger partial charge >= 0.3 is 143 Å². The van der Waals surface area contributed by atoms with Gasteiger partial charge in [-0.2, -0.15) is 0 Å². The molecule has 0 fully saturated rings.